The molecule has 0 aliphatic rings. The van der Waals surface area contributed by atoms with Crippen LogP contribution in [0.15, 0.2) is 72.8 Å². The molecule has 0 heterocycles. The van der Waals surface area contributed by atoms with E-state index >= 15 is 0 Å². The monoisotopic (exact) mass is 466 g/mol. The SMILES string of the molecule is CC(=O)c1ccc(OC(C)C(=O)NNC(=O)c2ccc(COc3ccc(Cl)cc3)cc2)cc1. The maximum absolute atomic E-state index is 12.3. The summed E-state index contributed by atoms with van der Waals surface area (Å²) in [5.41, 5.74) is 6.51. The van der Waals surface area contributed by atoms with Gasteiger partial charge in [0, 0.05) is 16.1 Å². The number of hydrazine groups is 1. The number of halogens is 1. The molecule has 3 aromatic carbocycles. The molecule has 170 valence electrons. The van der Waals surface area contributed by atoms with E-state index < -0.39 is 17.9 Å². The van der Waals surface area contributed by atoms with Crippen molar-refractivity contribution in [1.29, 1.82) is 0 Å². The number of carbonyl (C=O) groups excluding carboxylic acids is 3. The van der Waals surface area contributed by atoms with Crippen molar-refractivity contribution in [2.45, 2.75) is 26.6 Å². The number of benzene rings is 3. The van der Waals surface area contributed by atoms with E-state index in [0.717, 1.165) is 5.56 Å². The molecular weight excluding hydrogens is 444 g/mol. The van der Waals surface area contributed by atoms with E-state index in [1.807, 2.05) is 0 Å². The van der Waals surface area contributed by atoms with Gasteiger partial charge < -0.3 is 9.47 Å². The molecule has 0 aromatic heterocycles. The van der Waals surface area contributed by atoms with Crippen LogP contribution in [-0.4, -0.2) is 23.7 Å². The normalized spacial score (nSPS) is 11.2. The Labute approximate surface area is 196 Å². The number of carbonyl (C=O) groups is 3. The van der Waals surface area contributed by atoms with Crippen LogP contribution in [0.5, 0.6) is 11.5 Å². The zero-order valence-corrected chi connectivity index (χ0v) is 18.9. The van der Waals surface area contributed by atoms with Crippen LogP contribution in [0.1, 0.15) is 40.1 Å². The molecule has 0 aliphatic heterocycles. The van der Waals surface area contributed by atoms with Gasteiger partial charge in [0.15, 0.2) is 11.9 Å². The average molecular weight is 467 g/mol. The molecule has 2 N–H and O–H groups in total. The minimum Gasteiger partial charge on any atom is -0.489 e. The molecule has 0 saturated heterocycles. The number of hydrogen-bond acceptors (Lipinski definition) is 5. The van der Waals surface area contributed by atoms with Crippen LogP contribution in [0.3, 0.4) is 0 Å². The lowest BCUT2D eigenvalue weighted by molar-refractivity contribution is -0.128. The van der Waals surface area contributed by atoms with E-state index in [-0.39, 0.29) is 5.78 Å². The largest absolute Gasteiger partial charge is 0.489 e. The summed E-state index contributed by atoms with van der Waals surface area (Å²) in [4.78, 5) is 35.9. The molecule has 33 heavy (non-hydrogen) atoms. The van der Waals surface area contributed by atoms with Gasteiger partial charge in [-0.05, 0) is 80.1 Å². The molecule has 8 heteroatoms. The topological polar surface area (TPSA) is 93.7 Å². The molecule has 1 unspecified atom stereocenters. The third-order valence-corrected chi connectivity index (χ3v) is 4.93. The predicted octanol–water partition coefficient (Wildman–Crippen LogP) is 4.35. The quantitative estimate of drug-likeness (QED) is 0.380. The van der Waals surface area contributed by atoms with Gasteiger partial charge in [-0.15, -0.1) is 0 Å². The van der Waals surface area contributed by atoms with Crippen molar-refractivity contribution in [3.8, 4) is 11.5 Å². The van der Waals surface area contributed by atoms with Crippen molar-refractivity contribution in [2.75, 3.05) is 0 Å². The minimum atomic E-state index is -0.860. The Kier molecular flexibility index (Phi) is 8.05. The number of nitrogens with one attached hydrogen (secondary N) is 2. The number of rotatable bonds is 8. The highest BCUT2D eigenvalue weighted by atomic mass is 35.5. The molecule has 0 saturated carbocycles. The molecule has 0 fully saturated rings. The van der Waals surface area contributed by atoms with Gasteiger partial charge in [0.25, 0.3) is 11.8 Å². The molecule has 0 radical (unpaired) electrons. The fraction of sp³-hybridized carbons (Fsp3) is 0.160. The predicted molar refractivity (Wildman–Crippen MR) is 124 cm³/mol. The van der Waals surface area contributed by atoms with E-state index in [9.17, 15) is 14.4 Å². The number of ketones is 1. The van der Waals surface area contributed by atoms with Crippen molar-refractivity contribution in [3.63, 3.8) is 0 Å². The molecule has 0 spiro atoms. The Hall–Kier alpha value is -3.84. The lowest BCUT2D eigenvalue weighted by Crippen LogP contribution is -2.47. The van der Waals surface area contributed by atoms with Crippen LogP contribution in [0.25, 0.3) is 0 Å². The highest BCUT2D eigenvalue weighted by Crippen LogP contribution is 2.17. The molecule has 0 bridgehead atoms. The van der Waals surface area contributed by atoms with Crippen LogP contribution in [0.4, 0.5) is 0 Å². The molecule has 2 amide bonds. The fourth-order valence-electron chi connectivity index (χ4n) is 2.77. The molecule has 3 aromatic rings. The molecule has 1 atom stereocenters. The maximum Gasteiger partial charge on any atom is 0.279 e. The van der Waals surface area contributed by atoms with E-state index in [4.69, 9.17) is 21.1 Å². The summed E-state index contributed by atoms with van der Waals surface area (Å²) in [5, 5.41) is 0.633. The summed E-state index contributed by atoms with van der Waals surface area (Å²) in [6.07, 6.45) is -0.860. The average Bonchev–Trinajstić information content (AvgIpc) is 2.82. The van der Waals surface area contributed by atoms with Crippen molar-refractivity contribution in [2.24, 2.45) is 0 Å². The van der Waals surface area contributed by atoms with Gasteiger partial charge in [0.05, 0.1) is 0 Å². The second-order valence-electron chi connectivity index (χ2n) is 7.22. The van der Waals surface area contributed by atoms with Gasteiger partial charge >= 0.3 is 0 Å². The van der Waals surface area contributed by atoms with Crippen LogP contribution < -0.4 is 20.3 Å². The van der Waals surface area contributed by atoms with E-state index in [0.29, 0.717) is 34.3 Å². The van der Waals surface area contributed by atoms with Crippen LogP contribution in [0, 0.1) is 0 Å². The van der Waals surface area contributed by atoms with Crippen molar-refractivity contribution < 1.29 is 23.9 Å². The van der Waals surface area contributed by atoms with Gasteiger partial charge in [0.2, 0.25) is 0 Å². The minimum absolute atomic E-state index is 0.0582. The molecule has 0 aliphatic carbocycles. The summed E-state index contributed by atoms with van der Waals surface area (Å²) in [7, 11) is 0. The standard InChI is InChI=1S/C25H23ClN2O5/c1-16(29)19-7-11-23(12-8-19)33-17(2)24(30)27-28-25(31)20-5-3-18(4-6-20)15-32-22-13-9-21(26)10-14-22/h3-14,17H,15H2,1-2H3,(H,27,30)(H,28,31). The second kappa shape index (κ2) is 11.2. The number of amides is 2. The molecule has 3 rings (SSSR count). The number of ether oxygens (including phenoxy) is 2. The lowest BCUT2D eigenvalue weighted by atomic mass is 10.1. The van der Waals surface area contributed by atoms with Crippen molar-refractivity contribution in [3.05, 3.63) is 94.5 Å². The van der Waals surface area contributed by atoms with Crippen LogP contribution in [-0.2, 0) is 11.4 Å². The third-order valence-electron chi connectivity index (χ3n) is 4.68. The molecular formula is C25H23ClN2O5. The van der Waals surface area contributed by atoms with Crippen molar-refractivity contribution in [1.82, 2.24) is 10.9 Å². The van der Waals surface area contributed by atoms with E-state index in [1.54, 1.807) is 79.7 Å². The first-order valence-corrected chi connectivity index (χ1v) is 10.5. The highest BCUT2D eigenvalue weighted by molar-refractivity contribution is 6.30. The van der Waals surface area contributed by atoms with E-state index in [1.165, 1.54) is 6.92 Å². The number of Topliss-reactive ketones (excluding diaryl/α,β-unsaturated/α-hetero) is 1. The lowest BCUT2D eigenvalue weighted by Gasteiger charge is -2.15. The Balaban J connectivity index is 1.45. The Morgan fingerprint density at radius 3 is 2.00 bits per heavy atom. The van der Waals surface area contributed by atoms with Crippen molar-refractivity contribution >= 4 is 29.2 Å². The summed E-state index contributed by atoms with van der Waals surface area (Å²) in [6, 6.07) is 20.3. The molecule has 7 nitrogen and oxygen atoms in total. The fourth-order valence-corrected chi connectivity index (χ4v) is 2.89. The Morgan fingerprint density at radius 1 is 0.818 bits per heavy atom. The summed E-state index contributed by atoms with van der Waals surface area (Å²) in [6.45, 7) is 3.36. The first kappa shape index (κ1) is 23.8. The van der Waals surface area contributed by atoms with Gasteiger partial charge in [-0.25, -0.2) is 0 Å². The van der Waals surface area contributed by atoms with Crippen LogP contribution in [0.2, 0.25) is 5.02 Å². The Morgan fingerprint density at radius 2 is 1.39 bits per heavy atom. The first-order valence-electron chi connectivity index (χ1n) is 10.2. The third kappa shape index (κ3) is 7.08. The summed E-state index contributed by atoms with van der Waals surface area (Å²) < 4.78 is 11.2. The zero-order valence-electron chi connectivity index (χ0n) is 18.1. The summed E-state index contributed by atoms with van der Waals surface area (Å²) in [5.74, 6) is 0.0797. The highest BCUT2D eigenvalue weighted by Gasteiger charge is 2.16. The van der Waals surface area contributed by atoms with Gasteiger partial charge in [-0.1, -0.05) is 23.7 Å². The smallest absolute Gasteiger partial charge is 0.279 e. The maximum atomic E-state index is 12.3. The van der Waals surface area contributed by atoms with E-state index in [2.05, 4.69) is 10.9 Å². The van der Waals surface area contributed by atoms with Gasteiger partial charge in [0.1, 0.15) is 18.1 Å². The van der Waals surface area contributed by atoms with Gasteiger partial charge in [-0.3, -0.25) is 25.2 Å². The number of hydrogen-bond donors (Lipinski definition) is 2. The first-order chi connectivity index (χ1) is 15.8. The second-order valence-corrected chi connectivity index (χ2v) is 7.66. The summed E-state index contributed by atoms with van der Waals surface area (Å²) >= 11 is 5.85. The Bertz CT molecular complexity index is 1110. The van der Waals surface area contributed by atoms with Gasteiger partial charge in [-0.2, -0.15) is 0 Å². The zero-order chi connectivity index (χ0) is 23.8. The van der Waals surface area contributed by atoms with Crippen LogP contribution >= 0.6 is 11.6 Å².